The molecule has 0 amide bonds. The number of fused-ring (bicyclic) bond motifs is 1. The molecule has 11 heteroatoms. The number of carboxylic acids is 1. The molecule has 2 heterocycles. The van der Waals surface area contributed by atoms with Crippen LogP contribution in [0, 0.1) is 17.5 Å². The zero-order valence-electron chi connectivity index (χ0n) is 16.6. The number of halogens is 3. The lowest BCUT2D eigenvalue weighted by Gasteiger charge is -2.23. The van der Waals surface area contributed by atoms with Gasteiger partial charge < -0.3 is 31.1 Å². The number of pyridine rings is 1. The highest BCUT2D eigenvalue weighted by atomic mass is 19.1. The summed E-state index contributed by atoms with van der Waals surface area (Å²) < 4.78 is 45.6. The van der Waals surface area contributed by atoms with E-state index >= 15 is 4.39 Å². The van der Waals surface area contributed by atoms with Crippen LogP contribution >= 0.6 is 0 Å². The summed E-state index contributed by atoms with van der Waals surface area (Å²) in [6.45, 7) is -0.231. The maximum Gasteiger partial charge on any atom is 0.341 e. The lowest BCUT2D eigenvalue weighted by Crippen LogP contribution is -2.28. The topological polar surface area (TPSA) is 135 Å². The fourth-order valence-corrected chi connectivity index (χ4v) is 4.00. The van der Waals surface area contributed by atoms with Crippen LogP contribution in [0.4, 0.5) is 24.5 Å². The molecule has 8 nitrogen and oxygen atoms in total. The maximum atomic E-state index is 15.8. The maximum absolute atomic E-state index is 15.8. The molecule has 0 spiro atoms. The monoisotopic (exact) mass is 448 g/mol. The van der Waals surface area contributed by atoms with Gasteiger partial charge in [0.1, 0.15) is 22.9 Å². The molecule has 2 aromatic carbocycles. The first kappa shape index (κ1) is 21.7. The van der Waals surface area contributed by atoms with Crippen molar-refractivity contribution in [2.75, 3.05) is 23.7 Å². The number of carboxylic acid groups (broad SMARTS) is 1. The van der Waals surface area contributed by atoms with Gasteiger partial charge in [0, 0.05) is 30.9 Å². The van der Waals surface area contributed by atoms with Gasteiger partial charge >= 0.3 is 5.97 Å². The van der Waals surface area contributed by atoms with Crippen LogP contribution in [0.5, 0.6) is 0 Å². The van der Waals surface area contributed by atoms with Gasteiger partial charge in [-0.05, 0) is 24.6 Å². The van der Waals surface area contributed by atoms with E-state index in [9.17, 15) is 28.6 Å². The lowest BCUT2D eigenvalue weighted by atomic mass is 10.1. The first-order chi connectivity index (χ1) is 15.1. The normalized spacial score (nSPS) is 16.2. The Hall–Kier alpha value is -3.57. The van der Waals surface area contributed by atoms with E-state index in [1.165, 1.54) is 4.90 Å². The Balaban J connectivity index is 2.15. The van der Waals surface area contributed by atoms with Crippen molar-refractivity contribution in [2.45, 2.75) is 19.1 Å². The molecular formula is C21H19F3N4O4. The lowest BCUT2D eigenvalue weighted by molar-refractivity contribution is 0.0695. The molecule has 1 fully saturated rings. The number of nitrogens with two attached hydrogens (primary N) is 2. The molecule has 1 saturated heterocycles. The number of nitrogen functional groups attached to an aromatic ring is 1. The number of rotatable bonds is 4. The van der Waals surface area contributed by atoms with Gasteiger partial charge in [0.2, 0.25) is 5.43 Å². The van der Waals surface area contributed by atoms with Crippen molar-refractivity contribution in [1.29, 1.82) is 0 Å². The van der Waals surface area contributed by atoms with Crippen molar-refractivity contribution in [3.63, 3.8) is 0 Å². The summed E-state index contributed by atoms with van der Waals surface area (Å²) in [5.74, 6) is -4.63. The van der Waals surface area contributed by atoms with Crippen LogP contribution in [-0.4, -0.2) is 39.9 Å². The predicted molar refractivity (Wildman–Crippen MR) is 112 cm³/mol. The third-order valence-electron chi connectivity index (χ3n) is 5.56. The molecule has 0 saturated carbocycles. The largest absolute Gasteiger partial charge is 0.477 e. The van der Waals surface area contributed by atoms with Crippen LogP contribution in [0.2, 0.25) is 0 Å². The highest BCUT2D eigenvalue weighted by molar-refractivity contribution is 5.94. The third-order valence-corrected chi connectivity index (χ3v) is 5.56. The zero-order valence-corrected chi connectivity index (χ0v) is 16.6. The van der Waals surface area contributed by atoms with Gasteiger partial charge in [-0.25, -0.2) is 18.0 Å². The van der Waals surface area contributed by atoms with Crippen molar-refractivity contribution >= 4 is 28.2 Å². The molecular weight excluding hydrogens is 429 g/mol. The van der Waals surface area contributed by atoms with Crippen LogP contribution in [0.25, 0.3) is 16.6 Å². The number of aromatic carboxylic acids is 1. The van der Waals surface area contributed by atoms with E-state index in [-0.39, 0.29) is 36.1 Å². The van der Waals surface area contributed by atoms with Crippen molar-refractivity contribution < 1.29 is 28.2 Å². The second-order valence-corrected chi connectivity index (χ2v) is 7.62. The van der Waals surface area contributed by atoms with Crippen LogP contribution in [0.1, 0.15) is 22.3 Å². The Morgan fingerprint density at radius 1 is 1.19 bits per heavy atom. The van der Waals surface area contributed by atoms with Crippen LogP contribution in [-0.2, 0) is 6.61 Å². The molecule has 168 valence electrons. The average molecular weight is 448 g/mol. The molecule has 0 bridgehead atoms. The smallest absolute Gasteiger partial charge is 0.341 e. The highest BCUT2D eigenvalue weighted by Gasteiger charge is 2.29. The van der Waals surface area contributed by atoms with E-state index in [1.54, 1.807) is 0 Å². The number of aromatic nitrogens is 1. The first-order valence-electron chi connectivity index (χ1n) is 9.64. The SMILES string of the molecule is Nc1cc(-n2cc(C(=O)O)c(=O)c3cc(F)c(N4CCC(N)C4)c(F)c32)c(CO)cc1F. The standard InChI is InChI=1S/C21H19F3N4O4/c22-13-3-9(8-29)16(5-15(13)26)28-7-12(21(31)32)20(30)11-4-14(23)19(17(24)18(11)28)27-2-1-10(25)6-27/h3-5,7,10,29H,1-2,6,8,25-26H2,(H,31,32). The van der Waals surface area contributed by atoms with Crippen LogP contribution in [0.15, 0.2) is 29.2 Å². The zero-order chi connectivity index (χ0) is 23.3. The number of hydrogen-bond acceptors (Lipinski definition) is 6. The summed E-state index contributed by atoms with van der Waals surface area (Å²) in [6, 6.07) is 2.47. The van der Waals surface area contributed by atoms with E-state index in [0.29, 0.717) is 6.42 Å². The molecule has 4 rings (SSSR count). The molecule has 1 unspecified atom stereocenters. The number of benzene rings is 2. The number of aliphatic hydroxyl groups is 1. The Morgan fingerprint density at radius 3 is 2.50 bits per heavy atom. The fourth-order valence-electron chi connectivity index (χ4n) is 4.00. The van der Waals surface area contributed by atoms with Gasteiger partial charge in [-0.3, -0.25) is 4.79 Å². The second-order valence-electron chi connectivity index (χ2n) is 7.62. The van der Waals surface area contributed by atoms with Gasteiger partial charge in [0.05, 0.1) is 28.9 Å². The summed E-state index contributed by atoms with van der Waals surface area (Å²) >= 11 is 0. The van der Waals surface area contributed by atoms with Crippen molar-refractivity contribution in [3.05, 3.63) is 63.2 Å². The van der Waals surface area contributed by atoms with Gasteiger partial charge in [0.15, 0.2) is 5.82 Å². The molecule has 6 N–H and O–H groups in total. The number of hydrogen-bond donors (Lipinski definition) is 4. The van der Waals surface area contributed by atoms with E-state index in [4.69, 9.17) is 11.5 Å². The molecule has 1 aliphatic heterocycles. The first-order valence-corrected chi connectivity index (χ1v) is 9.64. The number of anilines is 2. The minimum atomic E-state index is -1.62. The van der Waals surface area contributed by atoms with E-state index in [1.807, 2.05) is 0 Å². The van der Waals surface area contributed by atoms with Crippen molar-refractivity contribution in [3.8, 4) is 5.69 Å². The minimum Gasteiger partial charge on any atom is -0.477 e. The summed E-state index contributed by atoms with van der Waals surface area (Å²) in [4.78, 5) is 25.8. The molecule has 0 aliphatic carbocycles. The number of aliphatic hydroxyl groups excluding tert-OH is 1. The van der Waals surface area contributed by atoms with Gasteiger partial charge in [-0.2, -0.15) is 0 Å². The molecule has 3 aromatic rings. The summed E-state index contributed by atoms with van der Waals surface area (Å²) in [5, 5.41) is 18.6. The number of carbonyl (C=O) groups is 1. The molecule has 0 radical (unpaired) electrons. The van der Waals surface area contributed by atoms with Gasteiger partial charge in [-0.1, -0.05) is 0 Å². The van der Waals surface area contributed by atoms with Crippen molar-refractivity contribution in [2.24, 2.45) is 5.73 Å². The molecule has 1 aromatic heterocycles. The molecule has 32 heavy (non-hydrogen) atoms. The Bertz CT molecular complexity index is 1330. The summed E-state index contributed by atoms with van der Waals surface area (Å²) in [7, 11) is 0. The molecule has 1 aliphatic rings. The number of nitrogens with zero attached hydrogens (tertiary/aromatic N) is 2. The second kappa shape index (κ2) is 7.84. The van der Waals surface area contributed by atoms with Crippen molar-refractivity contribution in [1.82, 2.24) is 4.57 Å². The highest BCUT2D eigenvalue weighted by Crippen LogP contribution is 2.34. The van der Waals surface area contributed by atoms with Gasteiger partial charge in [-0.15, -0.1) is 0 Å². The Morgan fingerprint density at radius 2 is 1.91 bits per heavy atom. The van der Waals surface area contributed by atoms with Crippen LogP contribution < -0.4 is 21.8 Å². The molecule has 1 atom stereocenters. The quantitative estimate of drug-likeness (QED) is 0.447. The third kappa shape index (κ3) is 3.35. The summed E-state index contributed by atoms with van der Waals surface area (Å²) in [5.41, 5.74) is 8.33. The Labute approximate surface area is 179 Å². The predicted octanol–water partition coefficient (Wildman–Crippen LogP) is 1.72. The average Bonchev–Trinajstić information content (AvgIpc) is 3.16. The fraction of sp³-hybridized carbons (Fsp3) is 0.238. The van der Waals surface area contributed by atoms with E-state index < -0.39 is 57.6 Å². The van der Waals surface area contributed by atoms with E-state index in [0.717, 1.165) is 29.0 Å². The minimum absolute atomic E-state index is 0.0496. The Kier molecular flexibility index (Phi) is 5.31. The summed E-state index contributed by atoms with van der Waals surface area (Å²) in [6.07, 6.45) is 1.35. The van der Waals surface area contributed by atoms with Crippen LogP contribution in [0.3, 0.4) is 0 Å². The van der Waals surface area contributed by atoms with Gasteiger partial charge in [0.25, 0.3) is 0 Å². The van der Waals surface area contributed by atoms with E-state index in [2.05, 4.69) is 0 Å².